The van der Waals surface area contributed by atoms with E-state index in [2.05, 4.69) is 10.2 Å². The smallest absolute Gasteiger partial charge is 0.251 e. The molecule has 2 heterocycles. The molecule has 2 aliphatic rings. The number of hydrogen-bond acceptors (Lipinski definition) is 5. The van der Waals surface area contributed by atoms with Gasteiger partial charge in [0.1, 0.15) is 12.4 Å². The van der Waals surface area contributed by atoms with E-state index >= 15 is 0 Å². The molecule has 0 aliphatic carbocycles. The molecule has 0 bridgehead atoms. The van der Waals surface area contributed by atoms with Crippen molar-refractivity contribution >= 4 is 17.5 Å². The number of carbonyl (C=O) groups is 1. The average Bonchev–Trinajstić information content (AvgIpc) is 2.65. The maximum absolute atomic E-state index is 12.1. The van der Waals surface area contributed by atoms with Crippen LogP contribution in [0, 0.1) is 0 Å². The molecule has 0 spiro atoms. The van der Waals surface area contributed by atoms with Gasteiger partial charge >= 0.3 is 0 Å². The summed E-state index contributed by atoms with van der Waals surface area (Å²) in [6.07, 6.45) is 1.43. The number of rotatable bonds is 6. The fourth-order valence-corrected chi connectivity index (χ4v) is 3.18. The van der Waals surface area contributed by atoms with Crippen LogP contribution in [0.5, 0.6) is 5.75 Å². The fraction of sp³-hybridized carbons (Fsp3) is 0.611. The summed E-state index contributed by atoms with van der Waals surface area (Å²) in [5.74, 6) is 0.783. The molecule has 138 valence electrons. The minimum atomic E-state index is -0.459. The summed E-state index contributed by atoms with van der Waals surface area (Å²) in [6.45, 7) is 4.85. The van der Waals surface area contributed by atoms with E-state index in [1.807, 2.05) is 24.3 Å². The van der Waals surface area contributed by atoms with Crippen molar-refractivity contribution in [2.75, 3.05) is 46.1 Å². The van der Waals surface area contributed by atoms with Crippen LogP contribution in [0.25, 0.3) is 0 Å². The number of nitrogens with zero attached hydrogens (tertiary/aromatic N) is 1. The van der Waals surface area contributed by atoms with E-state index in [1.165, 1.54) is 0 Å². The summed E-state index contributed by atoms with van der Waals surface area (Å²) in [6, 6.07) is 7.62. The van der Waals surface area contributed by atoms with Gasteiger partial charge in [-0.1, -0.05) is 11.6 Å². The van der Waals surface area contributed by atoms with Gasteiger partial charge in [-0.2, -0.15) is 0 Å². The molecule has 1 N–H and O–H groups in total. The molecular formula is C18H25ClN2O4. The number of nitrogens with one attached hydrogen (secondary N) is 1. The predicted octanol–water partition coefficient (Wildman–Crippen LogP) is 1.71. The number of piperidine rings is 1. The Morgan fingerprint density at radius 3 is 2.68 bits per heavy atom. The van der Waals surface area contributed by atoms with Gasteiger partial charge in [-0.3, -0.25) is 9.69 Å². The van der Waals surface area contributed by atoms with Crippen LogP contribution in [0.1, 0.15) is 12.8 Å². The van der Waals surface area contributed by atoms with E-state index in [4.69, 9.17) is 25.8 Å². The summed E-state index contributed by atoms with van der Waals surface area (Å²) in [5.41, 5.74) is 0. The van der Waals surface area contributed by atoms with Crippen molar-refractivity contribution in [2.45, 2.75) is 25.0 Å². The lowest BCUT2D eigenvalue weighted by Crippen LogP contribution is -2.50. The first-order valence-electron chi connectivity index (χ1n) is 8.81. The van der Waals surface area contributed by atoms with Crippen LogP contribution in [0.15, 0.2) is 24.3 Å². The van der Waals surface area contributed by atoms with E-state index < -0.39 is 6.10 Å². The van der Waals surface area contributed by atoms with E-state index in [0.29, 0.717) is 31.5 Å². The number of benzene rings is 1. The third-order valence-electron chi connectivity index (χ3n) is 4.53. The van der Waals surface area contributed by atoms with E-state index in [0.717, 1.165) is 38.2 Å². The van der Waals surface area contributed by atoms with Gasteiger partial charge in [0.15, 0.2) is 6.10 Å². The largest absolute Gasteiger partial charge is 0.492 e. The molecular weight excluding hydrogens is 344 g/mol. The lowest BCUT2D eigenvalue weighted by Gasteiger charge is -2.33. The van der Waals surface area contributed by atoms with Crippen molar-refractivity contribution in [1.29, 1.82) is 0 Å². The maximum Gasteiger partial charge on any atom is 0.251 e. The molecule has 1 amide bonds. The molecule has 3 rings (SSSR count). The Labute approximate surface area is 153 Å². The molecule has 2 fully saturated rings. The third-order valence-corrected chi connectivity index (χ3v) is 4.78. The Bertz CT molecular complexity index is 541. The molecule has 1 unspecified atom stereocenters. The zero-order valence-corrected chi connectivity index (χ0v) is 15.0. The zero-order valence-electron chi connectivity index (χ0n) is 14.3. The van der Waals surface area contributed by atoms with E-state index in [-0.39, 0.29) is 11.9 Å². The van der Waals surface area contributed by atoms with Gasteiger partial charge in [0.25, 0.3) is 5.91 Å². The highest BCUT2D eigenvalue weighted by molar-refractivity contribution is 6.30. The highest BCUT2D eigenvalue weighted by Gasteiger charge is 2.26. The van der Waals surface area contributed by atoms with Crippen molar-refractivity contribution < 1.29 is 19.0 Å². The maximum atomic E-state index is 12.1. The molecule has 2 aliphatic heterocycles. The molecule has 6 nitrogen and oxygen atoms in total. The first-order chi connectivity index (χ1) is 12.2. The predicted molar refractivity (Wildman–Crippen MR) is 95.1 cm³/mol. The van der Waals surface area contributed by atoms with Gasteiger partial charge in [0, 0.05) is 30.7 Å². The quantitative estimate of drug-likeness (QED) is 0.828. The minimum Gasteiger partial charge on any atom is -0.492 e. The monoisotopic (exact) mass is 368 g/mol. The zero-order chi connectivity index (χ0) is 17.5. The second kappa shape index (κ2) is 9.38. The number of likely N-dealkylation sites (tertiary alicyclic amines) is 1. The van der Waals surface area contributed by atoms with Crippen LogP contribution < -0.4 is 10.1 Å². The van der Waals surface area contributed by atoms with Crippen molar-refractivity contribution in [3.05, 3.63) is 29.3 Å². The average molecular weight is 369 g/mol. The highest BCUT2D eigenvalue weighted by Crippen LogP contribution is 2.16. The minimum absolute atomic E-state index is 0.0516. The van der Waals surface area contributed by atoms with Crippen molar-refractivity contribution in [3.8, 4) is 5.75 Å². The van der Waals surface area contributed by atoms with E-state index in [1.54, 1.807) is 0 Å². The lowest BCUT2D eigenvalue weighted by atomic mass is 10.0. The SMILES string of the molecule is O=C(NC1CCN(CCOc2ccc(Cl)cc2)CC1)C1COCCO1. The first kappa shape index (κ1) is 18.5. The summed E-state index contributed by atoms with van der Waals surface area (Å²) in [4.78, 5) is 14.5. The summed E-state index contributed by atoms with van der Waals surface area (Å²) >= 11 is 5.86. The molecule has 0 aromatic heterocycles. The van der Waals surface area contributed by atoms with Gasteiger partial charge in [0.05, 0.1) is 19.8 Å². The number of ether oxygens (including phenoxy) is 3. The molecule has 7 heteroatoms. The fourth-order valence-electron chi connectivity index (χ4n) is 3.06. The Morgan fingerprint density at radius 1 is 1.24 bits per heavy atom. The Kier molecular flexibility index (Phi) is 6.93. The van der Waals surface area contributed by atoms with Gasteiger partial charge in [0.2, 0.25) is 0 Å². The Balaban J connectivity index is 1.31. The number of amides is 1. The number of halogens is 1. The van der Waals surface area contributed by atoms with Crippen LogP contribution in [0.4, 0.5) is 0 Å². The van der Waals surface area contributed by atoms with E-state index in [9.17, 15) is 4.79 Å². The number of carbonyl (C=O) groups excluding carboxylic acids is 1. The first-order valence-corrected chi connectivity index (χ1v) is 9.19. The van der Waals surface area contributed by atoms with Crippen LogP contribution in [-0.4, -0.2) is 69.0 Å². The summed E-state index contributed by atoms with van der Waals surface area (Å²) in [7, 11) is 0. The third kappa shape index (κ3) is 5.85. The molecule has 1 aromatic carbocycles. The topological polar surface area (TPSA) is 60.0 Å². The molecule has 2 saturated heterocycles. The van der Waals surface area contributed by atoms with Crippen molar-refractivity contribution in [2.24, 2.45) is 0 Å². The Hall–Kier alpha value is -1.34. The van der Waals surface area contributed by atoms with Gasteiger partial charge < -0.3 is 19.5 Å². The van der Waals surface area contributed by atoms with Crippen LogP contribution in [0.3, 0.4) is 0 Å². The van der Waals surface area contributed by atoms with Gasteiger partial charge in [-0.25, -0.2) is 0 Å². The van der Waals surface area contributed by atoms with Crippen molar-refractivity contribution in [3.63, 3.8) is 0 Å². The molecule has 1 aromatic rings. The van der Waals surface area contributed by atoms with Crippen LogP contribution in [-0.2, 0) is 14.3 Å². The summed E-state index contributed by atoms with van der Waals surface area (Å²) < 4.78 is 16.4. The second-order valence-electron chi connectivity index (χ2n) is 6.36. The van der Waals surface area contributed by atoms with Crippen LogP contribution in [0.2, 0.25) is 5.02 Å². The van der Waals surface area contributed by atoms with Crippen molar-refractivity contribution in [1.82, 2.24) is 10.2 Å². The molecule has 25 heavy (non-hydrogen) atoms. The highest BCUT2D eigenvalue weighted by atomic mass is 35.5. The molecule has 1 atom stereocenters. The lowest BCUT2D eigenvalue weighted by molar-refractivity contribution is -0.148. The van der Waals surface area contributed by atoms with Gasteiger partial charge in [-0.15, -0.1) is 0 Å². The molecule has 0 saturated carbocycles. The number of hydrogen-bond donors (Lipinski definition) is 1. The van der Waals surface area contributed by atoms with Gasteiger partial charge in [-0.05, 0) is 37.1 Å². The standard InChI is InChI=1S/C18H25ClN2O4/c19-14-1-3-16(4-2-14)24-10-9-21-7-5-15(6-8-21)20-18(22)17-13-23-11-12-25-17/h1-4,15,17H,5-13H2,(H,20,22). The second-order valence-corrected chi connectivity index (χ2v) is 6.80. The molecule has 0 radical (unpaired) electrons. The van der Waals surface area contributed by atoms with Crippen LogP contribution >= 0.6 is 11.6 Å². The summed E-state index contributed by atoms with van der Waals surface area (Å²) in [5, 5.41) is 3.79. The Morgan fingerprint density at radius 2 is 2.00 bits per heavy atom. The normalized spacial score (nSPS) is 22.5.